The number of carbonyl (C=O) groups is 1. The Morgan fingerprint density at radius 1 is 1.36 bits per heavy atom. The molecule has 1 saturated carbocycles. The van der Waals surface area contributed by atoms with Crippen molar-refractivity contribution in [3.8, 4) is 0 Å². The van der Waals surface area contributed by atoms with Gasteiger partial charge in [-0.05, 0) is 18.6 Å². The predicted octanol–water partition coefficient (Wildman–Crippen LogP) is 3.58. The molecule has 0 aromatic heterocycles. The van der Waals surface area contributed by atoms with Gasteiger partial charge in [0.25, 0.3) is 0 Å². The molecule has 0 bridgehead atoms. The van der Waals surface area contributed by atoms with Gasteiger partial charge in [0.1, 0.15) is 11.6 Å². The van der Waals surface area contributed by atoms with Gasteiger partial charge in [-0.1, -0.05) is 23.2 Å². The number of rotatable bonds is 1. The predicted molar refractivity (Wildman–Crippen MR) is 53.4 cm³/mol. The molecule has 1 aliphatic carbocycles. The largest absolute Gasteiger partial charge is 0.299 e. The zero-order valence-electron chi connectivity index (χ0n) is 7.19. The standard InChI is InChI=1S/C10H7Cl2FO/c11-5-3-7(6-1-2-9(6)14)10(13)8(12)4-5/h3-4,6H,1-2H2. The van der Waals surface area contributed by atoms with Gasteiger partial charge < -0.3 is 0 Å². The monoisotopic (exact) mass is 232 g/mol. The zero-order chi connectivity index (χ0) is 10.3. The van der Waals surface area contributed by atoms with Crippen molar-refractivity contribution in [3.63, 3.8) is 0 Å². The molecule has 0 spiro atoms. The maximum atomic E-state index is 13.5. The number of benzene rings is 1. The number of hydrogen-bond donors (Lipinski definition) is 0. The van der Waals surface area contributed by atoms with E-state index in [-0.39, 0.29) is 16.7 Å². The van der Waals surface area contributed by atoms with Gasteiger partial charge in [-0.2, -0.15) is 0 Å². The summed E-state index contributed by atoms with van der Waals surface area (Å²) in [4.78, 5) is 11.2. The van der Waals surface area contributed by atoms with Crippen LogP contribution in [-0.4, -0.2) is 5.78 Å². The zero-order valence-corrected chi connectivity index (χ0v) is 8.70. The van der Waals surface area contributed by atoms with Gasteiger partial charge in [0.15, 0.2) is 0 Å². The molecule has 74 valence electrons. The topological polar surface area (TPSA) is 17.1 Å². The highest BCUT2D eigenvalue weighted by Gasteiger charge is 2.32. The molecule has 1 aliphatic rings. The SMILES string of the molecule is O=C1CCC1c1cc(Cl)cc(Cl)c1F. The molecule has 1 nitrogen and oxygen atoms in total. The van der Waals surface area contributed by atoms with Crippen molar-refractivity contribution in [2.75, 3.05) is 0 Å². The van der Waals surface area contributed by atoms with Crippen LogP contribution in [0.2, 0.25) is 10.0 Å². The van der Waals surface area contributed by atoms with Crippen LogP contribution in [0, 0.1) is 5.82 Å². The maximum absolute atomic E-state index is 13.5. The van der Waals surface area contributed by atoms with E-state index in [1.165, 1.54) is 12.1 Å². The molecule has 0 aliphatic heterocycles. The lowest BCUT2D eigenvalue weighted by Crippen LogP contribution is -2.24. The van der Waals surface area contributed by atoms with E-state index in [1.54, 1.807) is 0 Å². The van der Waals surface area contributed by atoms with E-state index in [2.05, 4.69) is 0 Å². The molecule has 0 heterocycles. The van der Waals surface area contributed by atoms with Gasteiger partial charge in [0, 0.05) is 22.9 Å². The molecule has 0 amide bonds. The third kappa shape index (κ3) is 1.53. The average Bonchev–Trinajstić information content (AvgIpc) is 2.11. The molecule has 14 heavy (non-hydrogen) atoms. The van der Waals surface area contributed by atoms with Crippen LogP contribution in [-0.2, 0) is 4.79 Å². The molecule has 1 aromatic rings. The van der Waals surface area contributed by atoms with Crippen LogP contribution in [0.15, 0.2) is 12.1 Å². The lowest BCUT2D eigenvalue weighted by atomic mass is 9.78. The second-order valence-electron chi connectivity index (χ2n) is 3.35. The molecule has 0 saturated heterocycles. The molecule has 4 heteroatoms. The van der Waals surface area contributed by atoms with E-state index in [1.807, 2.05) is 0 Å². The fourth-order valence-corrected chi connectivity index (χ4v) is 2.07. The van der Waals surface area contributed by atoms with Crippen LogP contribution in [0.1, 0.15) is 24.3 Å². The summed E-state index contributed by atoms with van der Waals surface area (Å²) in [7, 11) is 0. The van der Waals surface area contributed by atoms with Crippen LogP contribution in [0.4, 0.5) is 4.39 Å². The number of hydrogen-bond acceptors (Lipinski definition) is 1. The molecule has 2 rings (SSSR count). The number of carbonyl (C=O) groups excluding carboxylic acids is 1. The highest BCUT2D eigenvalue weighted by atomic mass is 35.5. The second kappa shape index (κ2) is 3.52. The Labute approximate surface area is 90.8 Å². The third-order valence-electron chi connectivity index (χ3n) is 2.46. The quantitative estimate of drug-likeness (QED) is 0.677. The van der Waals surface area contributed by atoms with Crippen LogP contribution in [0.3, 0.4) is 0 Å². The maximum Gasteiger partial charge on any atom is 0.145 e. The molecular formula is C10H7Cl2FO. The smallest absolute Gasteiger partial charge is 0.145 e. The number of ketones is 1. The van der Waals surface area contributed by atoms with E-state index in [9.17, 15) is 9.18 Å². The Morgan fingerprint density at radius 3 is 2.57 bits per heavy atom. The lowest BCUT2D eigenvalue weighted by molar-refractivity contribution is -0.125. The van der Waals surface area contributed by atoms with Crippen molar-refractivity contribution in [3.05, 3.63) is 33.6 Å². The first-order chi connectivity index (χ1) is 6.59. The van der Waals surface area contributed by atoms with Crippen molar-refractivity contribution in [1.82, 2.24) is 0 Å². The van der Waals surface area contributed by atoms with Crippen molar-refractivity contribution in [2.45, 2.75) is 18.8 Å². The van der Waals surface area contributed by atoms with E-state index < -0.39 is 5.82 Å². The molecule has 0 N–H and O–H groups in total. The summed E-state index contributed by atoms with van der Waals surface area (Å²) in [5.74, 6) is -0.803. The summed E-state index contributed by atoms with van der Waals surface area (Å²) in [6, 6.07) is 2.82. The fraction of sp³-hybridized carbons (Fsp3) is 0.300. The Hall–Kier alpha value is -0.600. The van der Waals surface area contributed by atoms with Crippen molar-refractivity contribution in [1.29, 1.82) is 0 Å². The van der Waals surface area contributed by atoms with Gasteiger partial charge in [-0.25, -0.2) is 4.39 Å². The lowest BCUT2D eigenvalue weighted by Gasteiger charge is -2.24. The summed E-state index contributed by atoms with van der Waals surface area (Å²) in [6.45, 7) is 0. The van der Waals surface area contributed by atoms with Crippen LogP contribution >= 0.6 is 23.2 Å². The minimum Gasteiger partial charge on any atom is -0.299 e. The third-order valence-corrected chi connectivity index (χ3v) is 2.96. The highest BCUT2D eigenvalue weighted by molar-refractivity contribution is 6.34. The van der Waals surface area contributed by atoms with Gasteiger partial charge in [0.2, 0.25) is 0 Å². The van der Waals surface area contributed by atoms with Gasteiger partial charge >= 0.3 is 0 Å². The van der Waals surface area contributed by atoms with Crippen molar-refractivity contribution in [2.24, 2.45) is 0 Å². The molecule has 1 aromatic carbocycles. The highest BCUT2D eigenvalue weighted by Crippen LogP contribution is 2.37. The summed E-state index contributed by atoms with van der Waals surface area (Å²) >= 11 is 11.4. The molecule has 1 atom stereocenters. The van der Waals surface area contributed by atoms with E-state index in [0.29, 0.717) is 23.4 Å². The molecule has 1 unspecified atom stereocenters. The minimum absolute atomic E-state index is 0.0211. The van der Waals surface area contributed by atoms with Gasteiger partial charge in [-0.15, -0.1) is 0 Å². The number of Topliss-reactive ketones (excluding diaryl/α,β-unsaturated/α-hetero) is 1. The summed E-state index contributed by atoms with van der Waals surface area (Å²) in [6.07, 6.45) is 1.21. The Kier molecular flexibility index (Phi) is 2.50. The second-order valence-corrected chi connectivity index (χ2v) is 4.19. The van der Waals surface area contributed by atoms with Crippen LogP contribution in [0.25, 0.3) is 0 Å². The van der Waals surface area contributed by atoms with Gasteiger partial charge in [-0.3, -0.25) is 4.79 Å². The summed E-state index contributed by atoms with van der Waals surface area (Å²) in [5.41, 5.74) is 0.332. The minimum atomic E-state index is -0.519. The average molecular weight is 233 g/mol. The molecular weight excluding hydrogens is 226 g/mol. The van der Waals surface area contributed by atoms with Crippen molar-refractivity contribution < 1.29 is 9.18 Å². The summed E-state index contributed by atoms with van der Waals surface area (Å²) in [5, 5.41) is 0.346. The normalized spacial score (nSPS) is 20.8. The molecule has 1 fully saturated rings. The molecule has 0 radical (unpaired) electrons. The van der Waals surface area contributed by atoms with Crippen molar-refractivity contribution >= 4 is 29.0 Å². The van der Waals surface area contributed by atoms with E-state index in [4.69, 9.17) is 23.2 Å². The Balaban J connectivity index is 2.46. The van der Waals surface area contributed by atoms with E-state index >= 15 is 0 Å². The van der Waals surface area contributed by atoms with Gasteiger partial charge in [0.05, 0.1) is 5.02 Å². The first kappa shape index (κ1) is 9.94. The Morgan fingerprint density at radius 2 is 2.07 bits per heavy atom. The van der Waals surface area contributed by atoms with Crippen LogP contribution in [0.5, 0.6) is 0 Å². The van der Waals surface area contributed by atoms with E-state index in [0.717, 1.165) is 0 Å². The fourth-order valence-electron chi connectivity index (χ4n) is 1.56. The van der Waals surface area contributed by atoms with Crippen LogP contribution < -0.4 is 0 Å². The summed E-state index contributed by atoms with van der Waals surface area (Å²) < 4.78 is 13.5. The Bertz CT molecular complexity index is 403. The number of halogens is 3. The first-order valence-corrected chi connectivity index (χ1v) is 5.02. The first-order valence-electron chi connectivity index (χ1n) is 4.26.